The van der Waals surface area contributed by atoms with Crippen LogP contribution < -0.4 is 4.74 Å². The van der Waals surface area contributed by atoms with E-state index in [2.05, 4.69) is 4.99 Å². The van der Waals surface area contributed by atoms with Gasteiger partial charge < -0.3 is 20.1 Å². The average molecular weight is 382 g/mol. The van der Waals surface area contributed by atoms with Crippen LogP contribution >= 0.6 is 11.6 Å². The molecule has 4 rings (SSSR count). The largest absolute Gasteiger partial charge is 0.508 e. The number of aliphatic imine (C=N–C) groups is 1. The maximum absolute atomic E-state index is 10.4. The van der Waals surface area contributed by atoms with Crippen LogP contribution in [0.5, 0.6) is 23.0 Å². The number of phenolic OH excluding ortho intramolecular Hbond substituents is 3. The highest BCUT2D eigenvalue weighted by Gasteiger charge is 2.29. The second-order valence-electron chi connectivity index (χ2n) is 6.25. The molecular formula is C21H16ClNO4. The van der Waals surface area contributed by atoms with E-state index in [4.69, 9.17) is 16.3 Å². The zero-order chi connectivity index (χ0) is 19.0. The second kappa shape index (κ2) is 6.85. The Kier molecular flexibility index (Phi) is 4.38. The molecule has 136 valence electrons. The number of phenols is 3. The minimum Gasteiger partial charge on any atom is -0.508 e. The normalized spacial score (nSPS) is 17.4. The number of benzene rings is 3. The van der Waals surface area contributed by atoms with Gasteiger partial charge in [0.1, 0.15) is 29.1 Å². The molecule has 0 aromatic heterocycles. The van der Waals surface area contributed by atoms with Crippen molar-refractivity contribution in [3.63, 3.8) is 0 Å². The van der Waals surface area contributed by atoms with Crippen LogP contribution in [-0.4, -0.2) is 21.0 Å². The van der Waals surface area contributed by atoms with Crippen LogP contribution in [-0.2, 0) is 0 Å². The van der Waals surface area contributed by atoms with Gasteiger partial charge >= 0.3 is 0 Å². The number of aromatic hydroxyl groups is 3. The monoisotopic (exact) mass is 381 g/mol. The number of para-hydroxylation sites is 1. The Labute approximate surface area is 160 Å². The molecule has 3 N–H and O–H groups in total. The van der Waals surface area contributed by atoms with E-state index < -0.39 is 0 Å². The molecule has 0 aliphatic carbocycles. The fraction of sp³-hybridized carbons (Fsp3) is 0.0952. The van der Waals surface area contributed by atoms with Crippen LogP contribution in [0.2, 0.25) is 5.02 Å². The van der Waals surface area contributed by atoms with Gasteiger partial charge in [-0.25, -0.2) is 0 Å². The highest BCUT2D eigenvalue weighted by Crippen LogP contribution is 2.43. The molecule has 1 atom stereocenters. The van der Waals surface area contributed by atoms with E-state index in [0.29, 0.717) is 34.2 Å². The summed E-state index contributed by atoms with van der Waals surface area (Å²) in [7, 11) is 0. The molecule has 27 heavy (non-hydrogen) atoms. The summed E-state index contributed by atoms with van der Waals surface area (Å²) in [6.45, 7) is 0. The average Bonchev–Trinajstić information content (AvgIpc) is 2.63. The first-order chi connectivity index (χ1) is 13.0. The van der Waals surface area contributed by atoms with E-state index in [1.807, 2.05) is 12.1 Å². The third kappa shape index (κ3) is 3.41. The van der Waals surface area contributed by atoms with Crippen LogP contribution in [0.4, 0.5) is 5.69 Å². The number of fused-ring (bicyclic) bond motifs is 1. The van der Waals surface area contributed by atoms with Gasteiger partial charge in [0.15, 0.2) is 0 Å². The van der Waals surface area contributed by atoms with Crippen LogP contribution in [0.3, 0.4) is 0 Å². The standard InChI is InChI=1S/C21H16ClNO4/c22-15-3-1-2-4-16(15)23-17-11-19(12-5-7-13(24)8-6-12)27-20-10-14(25)9-18(26)21(17)20/h1-10,19,24-26H,11H2. The quantitative estimate of drug-likeness (QED) is 0.576. The summed E-state index contributed by atoms with van der Waals surface area (Å²) in [5, 5.41) is 30.2. The van der Waals surface area contributed by atoms with Gasteiger partial charge in [-0.05, 0) is 29.8 Å². The van der Waals surface area contributed by atoms with Crippen LogP contribution in [0.15, 0.2) is 65.7 Å². The Morgan fingerprint density at radius 1 is 0.926 bits per heavy atom. The summed E-state index contributed by atoms with van der Waals surface area (Å²) in [4.78, 5) is 4.66. The molecule has 1 heterocycles. The minimum absolute atomic E-state index is 0.102. The van der Waals surface area contributed by atoms with Crippen molar-refractivity contribution in [3.8, 4) is 23.0 Å². The van der Waals surface area contributed by atoms with Crippen LogP contribution in [0.25, 0.3) is 0 Å². The van der Waals surface area contributed by atoms with Crippen molar-refractivity contribution in [3.05, 3.63) is 76.8 Å². The van der Waals surface area contributed by atoms with Gasteiger partial charge in [-0.1, -0.05) is 35.9 Å². The molecule has 0 saturated carbocycles. The Morgan fingerprint density at radius 2 is 1.67 bits per heavy atom. The number of hydrogen-bond donors (Lipinski definition) is 3. The molecular weight excluding hydrogens is 366 g/mol. The highest BCUT2D eigenvalue weighted by molar-refractivity contribution is 6.33. The van der Waals surface area contributed by atoms with Gasteiger partial charge in [0.05, 0.1) is 22.0 Å². The molecule has 0 spiro atoms. The molecule has 1 unspecified atom stereocenters. The molecule has 5 nitrogen and oxygen atoms in total. The van der Waals surface area contributed by atoms with Crippen molar-refractivity contribution >= 4 is 23.0 Å². The van der Waals surface area contributed by atoms with E-state index in [9.17, 15) is 15.3 Å². The van der Waals surface area contributed by atoms with Gasteiger partial charge in [0.2, 0.25) is 0 Å². The summed E-state index contributed by atoms with van der Waals surface area (Å²) < 4.78 is 6.00. The molecule has 3 aromatic rings. The molecule has 3 aromatic carbocycles. The summed E-state index contributed by atoms with van der Waals surface area (Å²) in [6.07, 6.45) is 0.00182. The Hall–Kier alpha value is -3.18. The lowest BCUT2D eigenvalue weighted by Crippen LogP contribution is -2.21. The summed E-state index contributed by atoms with van der Waals surface area (Å²) in [5.41, 5.74) is 2.45. The predicted molar refractivity (Wildman–Crippen MR) is 104 cm³/mol. The van der Waals surface area contributed by atoms with Gasteiger partial charge in [-0.3, -0.25) is 4.99 Å². The molecule has 0 amide bonds. The van der Waals surface area contributed by atoms with Crippen molar-refractivity contribution in [2.75, 3.05) is 0 Å². The maximum Gasteiger partial charge on any atom is 0.136 e. The topological polar surface area (TPSA) is 82.3 Å². The number of rotatable bonds is 2. The molecule has 0 saturated heterocycles. The van der Waals surface area contributed by atoms with Crippen molar-refractivity contribution in [1.82, 2.24) is 0 Å². The molecule has 0 fully saturated rings. The first-order valence-corrected chi connectivity index (χ1v) is 8.73. The number of halogens is 1. The predicted octanol–water partition coefficient (Wildman–Crippen LogP) is 5.10. The van der Waals surface area contributed by atoms with Crippen molar-refractivity contribution in [1.29, 1.82) is 0 Å². The lowest BCUT2D eigenvalue weighted by molar-refractivity contribution is 0.204. The molecule has 0 radical (unpaired) electrons. The van der Waals surface area contributed by atoms with E-state index >= 15 is 0 Å². The van der Waals surface area contributed by atoms with Gasteiger partial charge in [0, 0.05) is 18.6 Å². The van der Waals surface area contributed by atoms with Crippen molar-refractivity contribution in [2.24, 2.45) is 4.99 Å². The van der Waals surface area contributed by atoms with Crippen molar-refractivity contribution < 1.29 is 20.1 Å². The van der Waals surface area contributed by atoms with Crippen LogP contribution in [0, 0.1) is 0 Å². The molecule has 6 heteroatoms. The highest BCUT2D eigenvalue weighted by atomic mass is 35.5. The van der Waals surface area contributed by atoms with E-state index in [1.165, 1.54) is 12.1 Å². The minimum atomic E-state index is -0.388. The van der Waals surface area contributed by atoms with Gasteiger partial charge in [-0.15, -0.1) is 0 Å². The SMILES string of the molecule is Oc1ccc(C2CC(=Nc3ccccc3Cl)c3c(O)cc(O)cc3O2)cc1. The van der Waals surface area contributed by atoms with E-state index in [1.54, 1.807) is 36.4 Å². The van der Waals surface area contributed by atoms with E-state index in [-0.39, 0.29) is 23.4 Å². The third-order valence-electron chi connectivity index (χ3n) is 4.38. The third-order valence-corrected chi connectivity index (χ3v) is 4.70. The Balaban J connectivity index is 1.84. The van der Waals surface area contributed by atoms with Crippen LogP contribution in [0.1, 0.15) is 23.7 Å². The number of nitrogens with zero attached hydrogens (tertiary/aromatic N) is 1. The summed E-state index contributed by atoms with van der Waals surface area (Å²) in [5.74, 6) is 0.285. The van der Waals surface area contributed by atoms with Gasteiger partial charge in [0.25, 0.3) is 0 Å². The van der Waals surface area contributed by atoms with E-state index in [0.717, 1.165) is 5.56 Å². The number of hydrogen-bond acceptors (Lipinski definition) is 5. The molecule has 1 aliphatic rings. The Bertz CT molecular complexity index is 1030. The first-order valence-electron chi connectivity index (χ1n) is 8.35. The second-order valence-corrected chi connectivity index (χ2v) is 6.66. The smallest absolute Gasteiger partial charge is 0.136 e. The molecule has 0 bridgehead atoms. The first kappa shape index (κ1) is 17.2. The Morgan fingerprint density at radius 3 is 2.41 bits per heavy atom. The lowest BCUT2D eigenvalue weighted by Gasteiger charge is -2.28. The zero-order valence-corrected chi connectivity index (χ0v) is 14.9. The maximum atomic E-state index is 10.4. The number of ether oxygens (including phenoxy) is 1. The summed E-state index contributed by atoms with van der Waals surface area (Å²) >= 11 is 6.24. The van der Waals surface area contributed by atoms with Gasteiger partial charge in [-0.2, -0.15) is 0 Å². The fourth-order valence-corrected chi connectivity index (χ4v) is 3.28. The fourth-order valence-electron chi connectivity index (χ4n) is 3.11. The van der Waals surface area contributed by atoms with Crippen molar-refractivity contribution in [2.45, 2.75) is 12.5 Å². The lowest BCUT2D eigenvalue weighted by atomic mass is 9.94. The zero-order valence-electron chi connectivity index (χ0n) is 14.1. The summed E-state index contributed by atoms with van der Waals surface area (Å²) in [6, 6.07) is 16.6. The molecule has 1 aliphatic heterocycles.